The molecule has 1 saturated heterocycles. The van der Waals surface area contributed by atoms with E-state index in [2.05, 4.69) is 5.32 Å². The van der Waals surface area contributed by atoms with Gasteiger partial charge in [-0.2, -0.15) is 0 Å². The molecule has 3 aromatic rings. The molecule has 8 nitrogen and oxygen atoms in total. The van der Waals surface area contributed by atoms with E-state index in [-0.39, 0.29) is 34.3 Å². The molecule has 0 spiro atoms. The van der Waals surface area contributed by atoms with E-state index in [0.29, 0.717) is 26.9 Å². The lowest BCUT2D eigenvalue weighted by molar-refractivity contribution is -0.384. The average molecular weight is 565 g/mol. The van der Waals surface area contributed by atoms with Gasteiger partial charge in [0, 0.05) is 28.5 Å². The number of carbonyl (C=O) groups is 2. The Morgan fingerprint density at radius 2 is 1.85 bits per heavy atom. The molecule has 2 aromatic carbocycles. The number of nitro benzene ring substituents is 1. The summed E-state index contributed by atoms with van der Waals surface area (Å²) in [5.41, 5.74) is 4.37. The lowest BCUT2D eigenvalue weighted by Gasteiger charge is -2.24. The molecule has 202 valence electrons. The van der Waals surface area contributed by atoms with Crippen LogP contribution in [-0.2, 0) is 11.3 Å². The summed E-state index contributed by atoms with van der Waals surface area (Å²) in [5, 5.41) is 15.5. The van der Waals surface area contributed by atoms with Crippen LogP contribution in [0.15, 0.2) is 53.4 Å². The number of hydrogen-bond donors (Lipinski definition) is 1. The number of nitrogens with zero attached hydrogens (tertiary/aromatic N) is 3. The van der Waals surface area contributed by atoms with Crippen molar-refractivity contribution in [2.75, 3.05) is 5.32 Å². The van der Waals surface area contributed by atoms with Crippen LogP contribution in [-0.4, -0.2) is 31.6 Å². The smallest absolute Gasteiger partial charge is 0.294 e. The maximum Gasteiger partial charge on any atom is 0.294 e. The minimum absolute atomic E-state index is 0.0350. The number of carbonyl (C=O) groups excluding carboxylic acids is 2. The molecule has 2 amide bonds. The number of benzene rings is 2. The van der Waals surface area contributed by atoms with E-state index >= 15 is 0 Å². The molecule has 39 heavy (non-hydrogen) atoms. The summed E-state index contributed by atoms with van der Waals surface area (Å²) in [5.74, 6) is -0.372. The van der Waals surface area contributed by atoms with Gasteiger partial charge in [-0.15, -0.1) is 0 Å². The number of aromatic nitrogens is 1. The maximum absolute atomic E-state index is 13.1. The first-order valence-electron chi connectivity index (χ1n) is 13.0. The van der Waals surface area contributed by atoms with E-state index in [4.69, 9.17) is 11.6 Å². The van der Waals surface area contributed by atoms with Crippen molar-refractivity contribution in [3.05, 3.63) is 91.1 Å². The summed E-state index contributed by atoms with van der Waals surface area (Å²) in [4.78, 5) is 38.9. The van der Waals surface area contributed by atoms with Crippen LogP contribution in [0.4, 0.5) is 16.2 Å². The molecule has 1 saturated carbocycles. The maximum atomic E-state index is 13.1. The number of anilines is 1. The third-order valence-electron chi connectivity index (χ3n) is 7.32. The van der Waals surface area contributed by atoms with Crippen LogP contribution in [0.5, 0.6) is 0 Å². The number of aryl methyl sites for hydroxylation is 1. The Morgan fingerprint density at radius 1 is 1.10 bits per heavy atom. The average Bonchev–Trinajstić information content (AvgIpc) is 3.34. The number of halogens is 1. The fourth-order valence-electron chi connectivity index (χ4n) is 5.30. The number of imide groups is 1. The second-order valence-electron chi connectivity index (χ2n) is 9.96. The highest BCUT2D eigenvalue weighted by Crippen LogP contribution is 2.36. The fourth-order valence-corrected chi connectivity index (χ4v) is 6.33. The summed E-state index contributed by atoms with van der Waals surface area (Å²) in [7, 11) is 0. The molecule has 1 aliphatic carbocycles. The Hall–Kier alpha value is -3.56. The van der Waals surface area contributed by atoms with Crippen molar-refractivity contribution >= 4 is 52.0 Å². The van der Waals surface area contributed by atoms with E-state index in [0.717, 1.165) is 54.4 Å². The highest BCUT2D eigenvalue weighted by Gasteiger charge is 2.35. The fraction of sp³-hybridized carbons (Fsp3) is 0.310. The first-order chi connectivity index (χ1) is 18.7. The SMILES string of the molecule is Cc1cc(/C=C2\SC(=O)N(Cc3ccccc3Cl)C2=O)c(C)n1-c1ccc(NC2CCCCC2)c([N+](=O)[O-])c1. The van der Waals surface area contributed by atoms with Gasteiger partial charge >= 0.3 is 0 Å². The Kier molecular flexibility index (Phi) is 7.81. The lowest BCUT2D eigenvalue weighted by atomic mass is 9.95. The molecule has 2 fully saturated rings. The Balaban J connectivity index is 1.41. The van der Waals surface area contributed by atoms with Crippen LogP contribution < -0.4 is 5.32 Å². The highest BCUT2D eigenvalue weighted by atomic mass is 35.5. The van der Waals surface area contributed by atoms with Crippen LogP contribution >= 0.6 is 23.4 Å². The van der Waals surface area contributed by atoms with Gasteiger partial charge in [0.15, 0.2) is 0 Å². The van der Waals surface area contributed by atoms with Gasteiger partial charge in [-0.05, 0) is 79.9 Å². The Labute approximate surface area is 236 Å². The molecule has 0 atom stereocenters. The molecule has 2 aliphatic rings. The van der Waals surface area contributed by atoms with Gasteiger partial charge < -0.3 is 9.88 Å². The topological polar surface area (TPSA) is 97.5 Å². The van der Waals surface area contributed by atoms with E-state index in [9.17, 15) is 19.7 Å². The number of hydrogen-bond acceptors (Lipinski definition) is 6. The zero-order valence-electron chi connectivity index (χ0n) is 21.8. The largest absolute Gasteiger partial charge is 0.377 e. The second-order valence-corrected chi connectivity index (χ2v) is 11.4. The third-order valence-corrected chi connectivity index (χ3v) is 8.59. The molecule has 0 bridgehead atoms. The Bertz CT molecular complexity index is 1490. The number of nitrogens with one attached hydrogen (secondary N) is 1. The quantitative estimate of drug-likeness (QED) is 0.180. The van der Waals surface area contributed by atoms with Crippen molar-refractivity contribution < 1.29 is 14.5 Å². The zero-order chi connectivity index (χ0) is 27.7. The van der Waals surface area contributed by atoms with Gasteiger partial charge in [0.2, 0.25) is 0 Å². The second kappa shape index (κ2) is 11.3. The van der Waals surface area contributed by atoms with Crippen LogP contribution in [0.25, 0.3) is 11.8 Å². The van der Waals surface area contributed by atoms with Gasteiger partial charge in [0.25, 0.3) is 16.8 Å². The first kappa shape index (κ1) is 27.0. The molecule has 0 unspecified atom stereocenters. The number of nitro groups is 1. The zero-order valence-corrected chi connectivity index (χ0v) is 23.3. The third kappa shape index (κ3) is 5.60. The molecular weight excluding hydrogens is 536 g/mol. The predicted molar refractivity (Wildman–Crippen MR) is 155 cm³/mol. The summed E-state index contributed by atoms with van der Waals surface area (Å²) in [6.07, 6.45) is 7.22. The summed E-state index contributed by atoms with van der Waals surface area (Å²) in [6.45, 7) is 3.91. The molecule has 1 N–H and O–H groups in total. The summed E-state index contributed by atoms with van der Waals surface area (Å²) < 4.78 is 1.93. The van der Waals surface area contributed by atoms with Crippen molar-refractivity contribution in [1.82, 2.24) is 9.47 Å². The number of thioether (sulfide) groups is 1. The van der Waals surface area contributed by atoms with Gasteiger partial charge in [-0.25, -0.2) is 0 Å². The number of amides is 2. The Morgan fingerprint density at radius 3 is 2.56 bits per heavy atom. The number of rotatable bonds is 7. The van der Waals surface area contributed by atoms with Crippen LogP contribution in [0.3, 0.4) is 0 Å². The molecule has 10 heteroatoms. The van der Waals surface area contributed by atoms with E-state index in [1.807, 2.05) is 36.6 Å². The van der Waals surface area contributed by atoms with Crippen LogP contribution in [0.2, 0.25) is 5.02 Å². The molecular formula is C29H29ClN4O4S. The predicted octanol–water partition coefficient (Wildman–Crippen LogP) is 7.64. The molecule has 2 heterocycles. The van der Waals surface area contributed by atoms with Crippen molar-refractivity contribution in [3.63, 3.8) is 0 Å². The lowest BCUT2D eigenvalue weighted by Crippen LogP contribution is -2.27. The molecule has 1 aromatic heterocycles. The molecule has 5 rings (SSSR count). The van der Waals surface area contributed by atoms with E-state index in [1.54, 1.807) is 36.4 Å². The highest BCUT2D eigenvalue weighted by molar-refractivity contribution is 8.18. The summed E-state index contributed by atoms with van der Waals surface area (Å²) >= 11 is 7.13. The molecule has 0 radical (unpaired) electrons. The standard InChI is InChI=1S/C29H29ClN4O4S/c1-18-14-21(15-27-28(35)32(29(36)39-27)17-20-8-6-7-11-24(20)30)19(2)33(18)23-12-13-25(26(16-23)34(37)38)31-22-9-4-3-5-10-22/h6-8,11-16,22,31H,3-5,9-10,17H2,1-2H3/b27-15-. The first-order valence-corrected chi connectivity index (χ1v) is 14.2. The minimum atomic E-state index is -0.372. The van der Waals surface area contributed by atoms with Gasteiger partial charge in [-0.3, -0.25) is 24.6 Å². The van der Waals surface area contributed by atoms with E-state index < -0.39 is 0 Å². The van der Waals surface area contributed by atoms with Crippen molar-refractivity contribution in [3.8, 4) is 5.69 Å². The van der Waals surface area contributed by atoms with E-state index in [1.165, 1.54) is 11.3 Å². The normalized spacial score (nSPS) is 17.3. The van der Waals surface area contributed by atoms with Crippen LogP contribution in [0, 0.1) is 24.0 Å². The van der Waals surface area contributed by atoms with Gasteiger partial charge in [-0.1, -0.05) is 49.1 Å². The van der Waals surface area contributed by atoms with Crippen molar-refractivity contribution in [2.24, 2.45) is 0 Å². The minimum Gasteiger partial charge on any atom is -0.377 e. The molecule has 1 aliphatic heterocycles. The van der Waals surface area contributed by atoms with Gasteiger partial charge in [0.05, 0.1) is 22.1 Å². The monoisotopic (exact) mass is 564 g/mol. The summed E-state index contributed by atoms with van der Waals surface area (Å²) in [6, 6.07) is 14.5. The van der Waals surface area contributed by atoms with Crippen LogP contribution in [0.1, 0.15) is 54.6 Å². The van der Waals surface area contributed by atoms with Gasteiger partial charge in [0.1, 0.15) is 5.69 Å². The van der Waals surface area contributed by atoms with Crippen molar-refractivity contribution in [2.45, 2.75) is 58.5 Å². The van der Waals surface area contributed by atoms with Crippen molar-refractivity contribution in [1.29, 1.82) is 0 Å².